The van der Waals surface area contributed by atoms with E-state index in [9.17, 15) is 4.79 Å². The minimum Gasteiger partial charge on any atom is -0.450 e. The summed E-state index contributed by atoms with van der Waals surface area (Å²) in [5.74, 6) is 5.52. The second-order valence-electron chi connectivity index (χ2n) is 3.38. The molecule has 0 spiro atoms. The van der Waals surface area contributed by atoms with Gasteiger partial charge in [0.15, 0.2) is 0 Å². The largest absolute Gasteiger partial charge is 0.450 e. The molecule has 0 saturated carbocycles. The molecule has 95 valence electrons. The second kappa shape index (κ2) is 7.93. The Morgan fingerprint density at radius 2 is 2.18 bits per heavy atom. The van der Waals surface area contributed by atoms with E-state index in [4.69, 9.17) is 14.2 Å². The summed E-state index contributed by atoms with van der Waals surface area (Å²) in [6.45, 7) is 7.33. The van der Waals surface area contributed by atoms with Crippen LogP contribution in [0, 0.1) is 18.4 Å². The molecule has 1 heterocycles. The van der Waals surface area contributed by atoms with Crippen molar-refractivity contribution < 1.29 is 19.0 Å². The quantitative estimate of drug-likeness (QED) is 0.697. The molecule has 0 bridgehead atoms. The molecule has 1 rings (SSSR count). The van der Waals surface area contributed by atoms with E-state index in [1.807, 2.05) is 6.92 Å². The van der Waals surface area contributed by atoms with E-state index in [0.29, 0.717) is 26.4 Å². The van der Waals surface area contributed by atoms with Gasteiger partial charge >= 0.3 is 6.09 Å². The Bertz CT molecular complexity index is 289. The SMILES string of the molecule is CCCN([CH]C#CC1OCCO1)C(=O)OCC. The number of hydrogen-bond donors (Lipinski definition) is 0. The molecule has 0 N–H and O–H groups in total. The minimum absolute atomic E-state index is 0.356. The van der Waals surface area contributed by atoms with Crippen LogP contribution < -0.4 is 0 Å². The van der Waals surface area contributed by atoms with Gasteiger partial charge < -0.3 is 14.2 Å². The van der Waals surface area contributed by atoms with Crippen LogP contribution in [-0.2, 0) is 14.2 Å². The molecule has 1 radical (unpaired) electrons. The number of carbonyl (C=O) groups excluding carboxylic acids is 1. The monoisotopic (exact) mass is 240 g/mol. The van der Waals surface area contributed by atoms with Crippen molar-refractivity contribution >= 4 is 6.09 Å². The van der Waals surface area contributed by atoms with Crippen LogP contribution in [0.3, 0.4) is 0 Å². The van der Waals surface area contributed by atoms with Crippen molar-refractivity contribution in [3.8, 4) is 11.8 Å². The first kappa shape index (κ1) is 13.8. The van der Waals surface area contributed by atoms with Crippen LogP contribution in [0.15, 0.2) is 0 Å². The fourth-order valence-corrected chi connectivity index (χ4v) is 1.28. The predicted octanol–water partition coefficient (Wildman–Crippen LogP) is 1.39. The summed E-state index contributed by atoms with van der Waals surface area (Å²) in [5.41, 5.74) is 0. The van der Waals surface area contributed by atoms with Gasteiger partial charge in [-0.05, 0) is 19.3 Å². The van der Waals surface area contributed by atoms with E-state index in [1.54, 1.807) is 6.92 Å². The van der Waals surface area contributed by atoms with Crippen molar-refractivity contribution in [1.82, 2.24) is 4.90 Å². The average molecular weight is 240 g/mol. The van der Waals surface area contributed by atoms with Crippen molar-refractivity contribution in [1.29, 1.82) is 0 Å². The van der Waals surface area contributed by atoms with Gasteiger partial charge in [0.05, 0.1) is 19.8 Å². The third-order valence-corrected chi connectivity index (χ3v) is 2.01. The predicted molar refractivity (Wildman–Crippen MR) is 61.8 cm³/mol. The zero-order valence-electron chi connectivity index (χ0n) is 10.3. The van der Waals surface area contributed by atoms with Crippen molar-refractivity contribution in [3.05, 3.63) is 6.54 Å². The molecule has 0 unspecified atom stereocenters. The summed E-state index contributed by atoms with van der Waals surface area (Å²) < 4.78 is 15.2. The lowest BCUT2D eigenvalue weighted by Crippen LogP contribution is -2.29. The summed E-state index contributed by atoms with van der Waals surface area (Å²) in [7, 11) is 0. The van der Waals surface area contributed by atoms with Gasteiger partial charge in [-0.2, -0.15) is 0 Å². The zero-order chi connectivity index (χ0) is 12.5. The Labute approximate surface area is 102 Å². The first-order chi connectivity index (χ1) is 8.27. The molecule has 0 aromatic carbocycles. The number of hydrogen-bond acceptors (Lipinski definition) is 4. The lowest BCUT2D eigenvalue weighted by atomic mass is 10.4. The topological polar surface area (TPSA) is 48.0 Å². The molecule has 0 aromatic rings. The van der Waals surface area contributed by atoms with E-state index >= 15 is 0 Å². The smallest absolute Gasteiger partial charge is 0.410 e. The third-order valence-electron chi connectivity index (χ3n) is 2.01. The Hall–Kier alpha value is -1.25. The fourth-order valence-electron chi connectivity index (χ4n) is 1.28. The Kier molecular flexibility index (Phi) is 6.45. The van der Waals surface area contributed by atoms with Gasteiger partial charge in [0.1, 0.15) is 6.54 Å². The summed E-state index contributed by atoms with van der Waals surface area (Å²) >= 11 is 0. The van der Waals surface area contributed by atoms with Gasteiger partial charge in [-0.3, -0.25) is 4.90 Å². The maximum Gasteiger partial charge on any atom is 0.410 e. The highest BCUT2D eigenvalue weighted by atomic mass is 16.7. The van der Waals surface area contributed by atoms with E-state index in [1.165, 1.54) is 11.4 Å². The molecular formula is C12H18NO4. The van der Waals surface area contributed by atoms with Crippen molar-refractivity contribution in [3.63, 3.8) is 0 Å². The van der Waals surface area contributed by atoms with Crippen LogP contribution in [0.4, 0.5) is 4.79 Å². The van der Waals surface area contributed by atoms with E-state index < -0.39 is 6.29 Å². The van der Waals surface area contributed by atoms with E-state index in [-0.39, 0.29) is 6.09 Å². The van der Waals surface area contributed by atoms with Gasteiger partial charge in [0.2, 0.25) is 6.29 Å². The molecule has 17 heavy (non-hydrogen) atoms. The Morgan fingerprint density at radius 1 is 1.47 bits per heavy atom. The zero-order valence-corrected chi connectivity index (χ0v) is 10.3. The number of carbonyl (C=O) groups is 1. The number of nitrogens with zero attached hydrogens (tertiary/aromatic N) is 1. The van der Waals surface area contributed by atoms with E-state index in [0.717, 1.165) is 6.42 Å². The molecule has 0 atom stereocenters. The van der Waals surface area contributed by atoms with Gasteiger partial charge in [-0.25, -0.2) is 4.79 Å². The fraction of sp³-hybridized carbons (Fsp3) is 0.667. The van der Waals surface area contributed by atoms with Crippen LogP contribution in [0.1, 0.15) is 20.3 Å². The molecule has 1 aliphatic rings. The highest BCUT2D eigenvalue weighted by molar-refractivity contribution is 5.69. The van der Waals surface area contributed by atoms with Crippen molar-refractivity contribution in [2.24, 2.45) is 0 Å². The normalized spacial score (nSPS) is 15.2. The highest BCUT2D eigenvalue weighted by Crippen LogP contribution is 2.03. The minimum atomic E-state index is -0.475. The molecular weight excluding hydrogens is 222 g/mol. The third kappa shape index (κ3) is 5.07. The molecule has 5 heteroatoms. The summed E-state index contributed by atoms with van der Waals surface area (Å²) in [6.07, 6.45) is -0.0122. The summed E-state index contributed by atoms with van der Waals surface area (Å²) in [5, 5.41) is 0. The van der Waals surface area contributed by atoms with Gasteiger partial charge in [-0.1, -0.05) is 12.8 Å². The Balaban J connectivity index is 2.39. The van der Waals surface area contributed by atoms with Crippen LogP contribution in [0.25, 0.3) is 0 Å². The molecule has 0 aliphatic carbocycles. The number of rotatable bonds is 4. The van der Waals surface area contributed by atoms with Crippen LogP contribution in [0.5, 0.6) is 0 Å². The lowest BCUT2D eigenvalue weighted by molar-refractivity contribution is 0.00638. The Morgan fingerprint density at radius 3 is 2.76 bits per heavy atom. The molecule has 1 aliphatic heterocycles. The maximum atomic E-state index is 11.5. The van der Waals surface area contributed by atoms with Gasteiger partial charge in [-0.15, -0.1) is 0 Å². The first-order valence-corrected chi connectivity index (χ1v) is 5.79. The van der Waals surface area contributed by atoms with E-state index in [2.05, 4.69) is 11.8 Å². The van der Waals surface area contributed by atoms with Gasteiger partial charge in [0.25, 0.3) is 0 Å². The van der Waals surface area contributed by atoms with Crippen molar-refractivity contribution in [2.45, 2.75) is 26.6 Å². The first-order valence-electron chi connectivity index (χ1n) is 5.79. The number of ether oxygens (including phenoxy) is 3. The van der Waals surface area contributed by atoms with Crippen LogP contribution in [0.2, 0.25) is 0 Å². The summed E-state index contributed by atoms with van der Waals surface area (Å²) in [4.78, 5) is 13.0. The molecule has 1 amide bonds. The molecule has 1 saturated heterocycles. The molecule has 5 nitrogen and oxygen atoms in total. The standard InChI is InChI=1S/C12H18NO4/c1-3-7-13(12(14)15-4-2)8-5-6-11-16-9-10-17-11/h8,11H,3-4,7,9-10H2,1-2H3. The van der Waals surface area contributed by atoms with Crippen LogP contribution in [-0.4, -0.2) is 43.6 Å². The molecule has 0 aromatic heterocycles. The van der Waals surface area contributed by atoms with Crippen molar-refractivity contribution in [2.75, 3.05) is 26.4 Å². The molecule has 1 fully saturated rings. The average Bonchev–Trinajstić information content (AvgIpc) is 2.81. The second-order valence-corrected chi connectivity index (χ2v) is 3.38. The lowest BCUT2D eigenvalue weighted by Gasteiger charge is -2.17. The van der Waals surface area contributed by atoms with Crippen LogP contribution >= 0.6 is 0 Å². The van der Waals surface area contributed by atoms with Gasteiger partial charge in [0, 0.05) is 6.54 Å². The summed E-state index contributed by atoms with van der Waals surface area (Å²) in [6, 6.07) is 0. The highest BCUT2D eigenvalue weighted by Gasteiger charge is 2.14. The number of amides is 1. The maximum absolute atomic E-state index is 11.5.